The zero-order valence-corrected chi connectivity index (χ0v) is 11.9. The summed E-state index contributed by atoms with van der Waals surface area (Å²) < 4.78 is 16.8. The molecule has 0 saturated carbocycles. The first-order valence-electron chi connectivity index (χ1n) is 6.84. The van der Waals surface area contributed by atoms with Crippen LogP contribution in [-0.4, -0.2) is 32.5 Å². The van der Waals surface area contributed by atoms with E-state index in [2.05, 4.69) is 25.2 Å². The Morgan fingerprint density at radius 1 is 1.42 bits per heavy atom. The third kappa shape index (κ3) is 3.85. The quantitative estimate of drug-likeness (QED) is 0.857. The van der Waals surface area contributed by atoms with Gasteiger partial charge in [0, 0.05) is 24.6 Å². The van der Waals surface area contributed by atoms with Crippen LogP contribution in [0.15, 0.2) is 18.2 Å². The standard InChI is InChI=1S/C15H23NO3/c1-11(2)16-9-12-5-4-6-14(17-3)15(12)19-13-7-8-18-10-13/h4-6,11,13,16H,7-10H2,1-3H3. The van der Waals surface area contributed by atoms with Gasteiger partial charge in [0.05, 0.1) is 20.3 Å². The summed E-state index contributed by atoms with van der Waals surface area (Å²) in [4.78, 5) is 0. The van der Waals surface area contributed by atoms with Gasteiger partial charge in [-0.1, -0.05) is 26.0 Å². The van der Waals surface area contributed by atoms with Crippen molar-refractivity contribution < 1.29 is 14.2 Å². The molecule has 1 fully saturated rings. The predicted molar refractivity (Wildman–Crippen MR) is 74.8 cm³/mol. The molecule has 0 amide bonds. The number of rotatable bonds is 6. The van der Waals surface area contributed by atoms with E-state index in [-0.39, 0.29) is 6.10 Å². The van der Waals surface area contributed by atoms with E-state index in [1.165, 1.54) is 0 Å². The molecule has 0 aliphatic carbocycles. The second-order valence-electron chi connectivity index (χ2n) is 5.09. The first kappa shape index (κ1) is 14.2. The number of hydrogen-bond acceptors (Lipinski definition) is 4. The molecule has 1 saturated heterocycles. The van der Waals surface area contributed by atoms with Crippen molar-refractivity contribution in [3.8, 4) is 11.5 Å². The highest BCUT2D eigenvalue weighted by molar-refractivity contribution is 5.46. The smallest absolute Gasteiger partial charge is 0.166 e. The largest absolute Gasteiger partial charge is 0.493 e. The highest BCUT2D eigenvalue weighted by atomic mass is 16.6. The SMILES string of the molecule is COc1cccc(CNC(C)C)c1OC1CCOC1. The predicted octanol–water partition coefficient (Wildman–Crippen LogP) is 2.36. The van der Waals surface area contributed by atoms with Gasteiger partial charge in [-0.15, -0.1) is 0 Å². The zero-order chi connectivity index (χ0) is 13.7. The molecule has 1 N–H and O–H groups in total. The van der Waals surface area contributed by atoms with Crippen molar-refractivity contribution in [1.82, 2.24) is 5.32 Å². The van der Waals surface area contributed by atoms with Gasteiger partial charge in [-0.05, 0) is 6.07 Å². The maximum Gasteiger partial charge on any atom is 0.166 e. The van der Waals surface area contributed by atoms with E-state index in [4.69, 9.17) is 14.2 Å². The number of nitrogens with one attached hydrogen (secondary N) is 1. The number of benzene rings is 1. The van der Waals surface area contributed by atoms with Gasteiger partial charge in [0.25, 0.3) is 0 Å². The minimum atomic E-state index is 0.133. The molecule has 1 aliphatic rings. The molecule has 19 heavy (non-hydrogen) atoms. The van der Waals surface area contributed by atoms with Crippen LogP contribution in [-0.2, 0) is 11.3 Å². The van der Waals surface area contributed by atoms with Crippen molar-refractivity contribution in [1.29, 1.82) is 0 Å². The van der Waals surface area contributed by atoms with Gasteiger partial charge in [0.15, 0.2) is 11.5 Å². The van der Waals surface area contributed by atoms with Crippen LogP contribution in [0.4, 0.5) is 0 Å². The highest BCUT2D eigenvalue weighted by Gasteiger charge is 2.21. The molecule has 1 unspecified atom stereocenters. The van der Waals surface area contributed by atoms with Crippen LogP contribution >= 0.6 is 0 Å². The van der Waals surface area contributed by atoms with Crippen molar-refractivity contribution >= 4 is 0 Å². The van der Waals surface area contributed by atoms with Gasteiger partial charge >= 0.3 is 0 Å². The van der Waals surface area contributed by atoms with Gasteiger partial charge in [-0.3, -0.25) is 0 Å². The Kier molecular flexibility index (Phi) is 5.05. The van der Waals surface area contributed by atoms with E-state index in [1.807, 2.05) is 12.1 Å². The maximum absolute atomic E-state index is 6.07. The Morgan fingerprint density at radius 2 is 2.26 bits per heavy atom. The fourth-order valence-corrected chi connectivity index (χ4v) is 2.08. The van der Waals surface area contributed by atoms with Crippen molar-refractivity contribution in [2.45, 2.75) is 39.0 Å². The molecular formula is C15H23NO3. The molecule has 0 radical (unpaired) electrons. The van der Waals surface area contributed by atoms with Crippen molar-refractivity contribution in [2.75, 3.05) is 20.3 Å². The van der Waals surface area contributed by atoms with Crippen LogP contribution in [0.1, 0.15) is 25.8 Å². The lowest BCUT2D eigenvalue weighted by molar-refractivity contribution is 0.137. The zero-order valence-electron chi connectivity index (χ0n) is 11.9. The molecule has 1 heterocycles. The van der Waals surface area contributed by atoms with E-state index >= 15 is 0 Å². The summed E-state index contributed by atoms with van der Waals surface area (Å²) in [6.45, 7) is 6.48. The average molecular weight is 265 g/mol. The van der Waals surface area contributed by atoms with E-state index in [0.717, 1.165) is 36.6 Å². The second kappa shape index (κ2) is 6.78. The van der Waals surface area contributed by atoms with Crippen molar-refractivity contribution in [3.05, 3.63) is 23.8 Å². The molecule has 106 valence electrons. The van der Waals surface area contributed by atoms with E-state index in [0.29, 0.717) is 12.6 Å². The summed E-state index contributed by atoms with van der Waals surface area (Å²) >= 11 is 0. The van der Waals surface area contributed by atoms with Crippen LogP contribution < -0.4 is 14.8 Å². The maximum atomic E-state index is 6.07. The summed E-state index contributed by atoms with van der Waals surface area (Å²) in [7, 11) is 1.67. The first-order chi connectivity index (χ1) is 9.20. The minimum Gasteiger partial charge on any atom is -0.493 e. The Hall–Kier alpha value is -1.26. The summed E-state index contributed by atoms with van der Waals surface area (Å²) in [5.41, 5.74) is 1.12. The third-order valence-corrected chi connectivity index (χ3v) is 3.15. The Bertz CT molecular complexity index is 400. The van der Waals surface area contributed by atoms with Crippen molar-refractivity contribution in [2.24, 2.45) is 0 Å². The lowest BCUT2D eigenvalue weighted by atomic mass is 10.1. The number of para-hydroxylation sites is 1. The minimum absolute atomic E-state index is 0.133. The average Bonchev–Trinajstić information content (AvgIpc) is 2.90. The molecule has 0 aromatic heterocycles. The van der Waals surface area contributed by atoms with Gasteiger partial charge in [-0.2, -0.15) is 0 Å². The van der Waals surface area contributed by atoms with Crippen LogP contribution in [0.3, 0.4) is 0 Å². The number of hydrogen-bond donors (Lipinski definition) is 1. The molecule has 1 aliphatic heterocycles. The highest BCUT2D eigenvalue weighted by Crippen LogP contribution is 2.33. The Labute approximate surface area is 115 Å². The molecule has 0 spiro atoms. The normalized spacial score (nSPS) is 18.8. The van der Waals surface area contributed by atoms with Crippen LogP contribution in [0.2, 0.25) is 0 Å². The molecule has 1 aromatic carbocycles. The van der Waals surface area contributed by atoms with Crippen molar-refractivity contribution in [3.63, 3.8) is 0 Å². The fourth-order valence-electron chi connectivity index (χ4n) is 2.08. The Morgan fingerprint density at radius 3 is 2.89 bits per heavy atom. The first-order valence-corrected chi connectivity index (χ1v) is 6.84. The van der Waals surface area contributed by atoms with E-state index < -0.39 is 0 Å². The number of ether oxygens (including phenoxy) is 3. The van der Waals surface area contributed by atoms with E-state index in [1.54, 1.807) is 7.11 Å². The third-order valence-electron chi connectivity index (χ3n) is 3.15. The summed E-state index contributed by atoms with van der Waals surface area (Å²) in [5, 5.41) is 3.41. The topological polar surface area (TPSA) is 39.7 Å². The molecule has 0 bridgehead atoms. The van der Waals surface area contributed by atoms with E-state index in [9.17, 15) is 0 Å². The molecule has 2 rings (SSSR count). The summed E-state index contributed by atoms with van der Waals surface area (Å²) in [5.74, 6) is 1.63. The Balaban J connectivity index is 2.15. The van der Waals surface area contributed by atoms with Crippen LogP contribution in [0.5, 0.6) is 11.5 Å². The van der Waals surface area contributed by atoms with Gasteiger partial charge in [-0.25, -0.2) is 0 Å². The number of methoxy groups -OCH3 is 1. The molecular weight excluding hydrogens is 242 g/mol. The summed E-state index contributed by atoms with van der Waals surface area (Å²) in [6.07, 6.45) is 1.07. The van der Waals surface area contributed by atoms with Gasteiger partial charge in [0.2, 0.25) is 0 Å². The lowest BCUT2D eigenvalue weighted by Gasteiger charge is -2.19. The van der Waals surface area contributed by atoms with Crippen LogP contribution in [0.25, 0.3) is 0 Å². The summed E-state index contributed by atoms with van der Waals surface area (Å²) in [6, 6.07) is 6.44. The van der Waals surface area contributed by atoms with Crippen LogP contribution in [0, 0.1) is 0 Å². The molecule has 1 atom stereocenters. The lowest BCUT2D eigenvalue weighted by Crippen LogP contribution is -2.23. The van der Waals surface area contributed by atoms with Gasteiger partial charge in [0.1, 0.15) is 6.10 Å². The molecule has 4 nitrogen and oxygen atoms in total. The molecule has 4 heteroatoms. The monoisotopic (exact) mass is 265 g/mol. The second-order valence-corrected chi connectivity index (χ2v) is 5.09. The molecule has 1 aromatic rings. The fraction of sp³-hybridized carbons (Fsp3) is 0.600. The van der Waals surface area contributed by atoms with Gasteiger partial charge < -0.3 is 19.5 Å².